The Morgan fingerprint density at radius 2 is 2.04 bits per heavy atom. The van der Waals surface area contributed by atoms with Crippen molar-refractivity contribution in [1.82, 2.24) is 0 Å². The van der Waals surface area contributed by atoms with Gasteiger partial charge in [0.25, 0.3) is 0 Å². The van der Waals surface area contributed by atoms with Crippen molar-refractivity contribution in [2.45, 2.75) is 84.7 Å². The Labute approximate surface area is 169 Å². The Balaban J connectivity index is 1.25. The number of ether oxygens (including phenoxy) is 2. The second-order valence-corrected chi connectivity index (χ2v) is 11.0. The summed E-state index contributed by atoms with van der Waals surface area (Å²) in [6.07, 6.45) is 16.2. The zero-order chi connectivity index (χ0) is 19.6. The molecule has 6 atom stereocenters. The van der Waals surface area contributed by atoms with E-state index in [9.17, 15) is 4.79 Å². The second-order valence-electron chi connectivity index (χ2n) is 11.0. The predicted molar refractivity (Wildman–Crippen MR) is 110 cm³/mol. The summed E-state index contributed by atoms with van der Waals surface area (Å²) < 4.78 is 11.1. The summed E-state index contributed by atoms with van der Waals surface area (Å²) >= 11 is 0. The molecule has 5 rings (SSSR count). The summed E-state index contributed by atoms with van der Waals surface area (Å²) in [6.45, 7) is 8.84. The van der Waals surface area contributed by atoms with Crippen LogP contribution in [0.25, 0.3) is 0 Å². The van der Waals surface area contributed by atoms with Gasteiger partial charge in [-0.2, -0.15) is 0 Å². The van der Waals surface area contributed by atoms with Gasteiger partial charge in [0.15, 0.2) is 0 Å². The van der Waals surface area contributed by atoms with Crippen LogP contribution < -0.4 is 0 Å². The lowest BCUT2D eigenvalue weighted by atomic mass is 9.50. The normalized spacial score (nSPS) is 47.5. The fraction of sp³-hybridized carbons (Fsp3) is 0.800. The number of hydrogen-bond acceptors (Lipinski definition) is 3. The highest BCUT2D eigenvalue weighted by atomic mass is 16.5. The van der Waals surface area contributed by atoms with E-state index in [0.29, 0.717) is 29.5 Å². The molecule has 3 fully saturated rings. The molecular formula is C25H36O3. The molecular weight excluding hydrogens is 348 g/mol. The minimum absolute atomic E-state index is 0.0353. The van der Waals surface area contributed by atoms with Crippen LogP contribution in [0.3, 0.4) is 0 Å². The number of hydrogen-bond donors (Lipinski definition) is 0. The molecule has 0 radical (unpaired) electrons. The monoisotopic (exact) mass is 384 g/mol. The number of rotatable bonds is 4. The van der Waals surface area contributed by atoms with Gasteiger partial charge in [-0.3, -0.25) is 0 Å². The third-order valence-corrected chi connectivity index (χ3v) is 9.79. The summed E-state index contributed by atoms with van der Waals surface area (Å²) in [4.78, 5) is 11.3. The van der Waals surface area contributed by atoms with Gasteiger partial charge >= 0.3 is 5.97 Å². The van der Waals surface area contributed by atoms with Crippen LogP contribution in [-0.4, -0.2) is 25.3 Å². The van der Waals surface area contributed by atoms with Crippen molar-refractivity contribution in [3.63, 3.8) is 0 Å². The predicted octanol–water partition coefficient (Wildman–Crippen LogP) is 5.60. The van der Waals surface area contributed by atoms with Gasteiger partial charge in [-0.1, -0.05) is 33.3 Å². The van der Waals surface area contributed by atoms with Crippen LogP contribution in [0.15, 0.2) is 23.3 Å². The molecule has 2 heterocycles. The van der Waals surface area contributed by atoms with Crippen LogP contribution >= 0.6 is 0 Å². The molecule has 0 amide bonds. The Hall–Kier alpha value is -1.09. The molecule has 3 nitrogen and oxygen atoms in total. The minimum Gasteiger partial charge on any atom is -0.458 e. The van der Waals surface area contributed by atoms with Gasteiger partial charge in [0.05, 0.1) is 12.7 Å². The summed E-state index contributed by atoms with van der Waals surface area (Å²) in [6, 6.07) is 0. The maximum Gasteiger partial charge on any atom is 0.331 e. The van der Waals surface area contributed by atoms with Crippen LogP contribution in [-0.2, 0) is 14.3 Å². The van der Waals surface area contributed by atoms with E-state index in [1.54, 1.807) is 6.08 Å². The van der Waals surface area contributed by atoms with Crippen molar-refractivity contribution in [1.29, 1.82) is 0 Å². The van der Waals surface area contributed by atoms with Crippen LogP contribution in [0, 0.1) is 28.1 Å². The molecule has 3 heteroatoms. The molecule has 0 N–H and O–H groups in total. The van der Waals surface area contributed by atoms with Crippen molar-refractivity contribution in [2.75, 3.05) is 13.2 Å². The van der Waals surface area contributed by atoms with Gasteiger partial charge < -0.3 is 9.47 Å². The largest absolute Gasteiger partial charge is 0.458 e. The summed E-state index contributed by atoms with van der Waals surface area (Å²) in [7, 11) is 0. The zero-order valence-corrected chi connectivity index (χ0v) is 17.9. The van der Waals surface area contributed by atoms with Crippen molar-refractivity contribution in [2.24, 2.45) is 28.1 Å². The first kappa shape index (κ1) is 18.9. The summed E-state index contributed by atoms with van der Waals surface area (Å²) in [5.74, 6) is 1.53. The van der Waals surface area contributed by atoms with Crippen molar-refractivity contribution in [3.8, 4) is 0 Å². The lowest BCUT2D eigenvalue weighted by Gasteiger charge is -2.55. The van der Waals surface area contributed by atoms with E-state index in [-0.39, 0.29) is 12.1 Å². The first-order chi connectivity index (χ1) is 13.4. The number of esters is 1. The molecule has 0 aromatic carbocycles. The van der Waals surface area contributed by atoms with Gasteiger partial charge in [0, 0.05) is 11.6 Å². The second kappa shape index (κ2) is 6.45. The van der Waals surface area contributed by atoms with Crippen LogP contribution in [0.4, 0.5) is 0 Å². The first-order valence-corrected chi connectivity index (χ1v) is 11.5. The third-order valence-electron chi connectivity index (χ3n) is 9.79. The maximum atomic E-state index is 11.3. The molecule has 0 aromatic rings. The SMILES string of the molecule is C[C@H]1CC[C@@]23C[C@]2(C)CCC[C@@H]3[C@@]1(C)CCC1=CCC(C2=CC(=O)OC2)OC1. The van der Waals surface area contributed by atoms with Gasteiger partial charge in [0.1, 0.15) is 6.61 Å². The van der Waals surface area contributed by atoms with E-state index in [1.807, 2.05) is 0 Å². The highest BCUT2D eigenvalue weighted by Gasteiger charge is 2.72. The average molecular weight is 385 g/mol. The van der Waals surface area contributed by atoms with Crippen LogP contribution in [0.2, 0.25) is 0 Å². The molecule has 0 aromatic heterocycles. The fourth-order valence-corrected chi connectivity index (χ4v) is 7.64. The number of cyclic esters (lactones) is 1. The molecule has 2 aliphatic heterocycles. The Morgan fingerprint density at radius 3 is 2.75 bits per heavy atom. The lowest BCUT2D eigenvalue weighted by molar-refractivity contribution is -0.135. The van der Waals surface area contributed by atoms with Crippen LogP contribution in [0.5, 0.6) is 0 Å². The van der Waals surface area contributed by atoms with Gasteiger partial charge in [-0.25, -0.2) is 4.79 Å². The Bertz CT molecular complexity index is 736. The van der Waals surface area contributed by atoms with E-state index >= 15 is 0 Å². The molecule has 1 unspecified atom stereocenters. The van der Waals surface area contributed by atoms with Gasteiger partial charge in [0.2, 0.25) is 0 Å². The van der Waals surface area contributed by atoms with Crippen molar-refractivity contribution in [3.05, 3.63) is 23.3 Å². The molecule has 154 valence electrons. The van der Waals surface area contributed by atoms with E-state index in [2.05, 4.69) is 26.8 Å². The highest BCUT2D eigenvalue weighted by molar-refractivity contribution is 5.85. The van der Waals surface area contributed by atoms with E-state index in [1.165, 1.54) is 56.9 Å². The lowest BCUT2D eigenvalue weighted by Crippen LogP contribution is -2.47. The van der Waals surface area contributed by atoms with E-state index < -0.39 is 0 Å². The van der Waals surface area contributed by atoms with E-state index in [0.717, 1.165) is 23.8 Å². The Kier molecular flexibility index (Phi) is 4.36. The molecule has 0 saturated heterocycles. The first-order valence-electron chi connectivity index (χ1n) is 11.5. The van der Waals surface area contributed by atoms with Gasteiger partial charge in [-0.05, 0) is 85.0 Å². The molecule has 1 spiro atoms. The molecule has 3 aliphatic carbocycles. The summed E-state index contributed by atoms with van der Waals surface area (Å²) in [5.41, 5.74) is 4.28. The maximum absolute atomic E-state index is 11.3. The number of carbonyl (C=O) groups excluding carboxylic acids is 1. The minimum atomic E-state index is -0.221. The highest BCUT2D eigenvalue weighted by Crippen LogP contribution is 2.80. The van der Waals surface area contributed by atoms with Crippen molar-refractivity contribution >= 4 is 5.97 Å². The zero-order valence-electron chi connectivity index (χ0n) is 17.9. The molecule has 0 bridgehead atoms. The quantitative estimate of drug-likeness (QED) is 0.468. The summed E-state index contributed by atoms with van der Waals surface area (Å²) in [5, 5.41) is 0. The topological polar surface area (TPSA) is 35.5 Å². The standard InChI is InChI=1S/C25H36O3/c1-17-8-12-25-16-23(25,2)10-4-5-21(25)24(17,3)11-9-18-6-7-20(27-14-18)19-13-22(26)28-15-19/h6,13,17,20-21H,4-5,7-12,14-16H2,1-3H3/t17-,20?,21+,23-,24-,25-/m0/s1. The number of carbonyl (C=O) groups is 1. The Morgan fingerprint density at radius 1 is 1.18 bits per heavy atom. The van der Waals surface area contributed by atoms with E-state index in [4.69, 9.17) is 9.47 Å². The average Bonchev–Trinajstić information content (AvgIpc) is 3.09. The fourth-order valence-electron chi connectivity index (χ4n) is 7.64. The molecule has 3 saturated carbocycles. The third kappa shape index (κ3) is 2.75. The smallest absolute Gasteiger partial charge is 0.331 e. The molecule has 5 aliphatic rings. The molecule has 28 heavy (non-hydrogen) atoms. The van der Waals surface area contributed by atoms with Crippen LogP contribution in [0.1, 0.15) is 78.6 Å². The van der Waals surface area contributed by atoms with Gasteiger partial charge in [-0.15, -0.1) is 0 Å². The van der Waals surface area contributed by atoms with Crippen molar-refractivity contribution < 1.29 is 14.3 Å².